The Morgan fingerprint density at radius 3 is 2.60 bits per heavy atom. The number of rotatable bonds is 4. The largest absolute Gasteiger partial charge is 0.507 e. The van der Waals surface area contributed by atoms with Crippen LogP contribution in [0.15, 0.2) is 58.4 Å². The van der Waals surface area contributed by atoms with Crippen molar-refractivity contribution in [3.63, 3.8) is 0 Å². The number of nitrogens with zero attached hydrogens (tertiary/aromatic N) is 2. The van der Waals surface area contributed by atoms with E-state index in [0.29, 0.717) is 21.3 Å². The standard InChI is InChI=1S/C23H22N2O4S/c26-19-12-5-4-7-15(19)14-20-21(27)25(18-10-2-1-3-11-18)23(30-20)24-17-9-6-8-16(13-17)22(28)29/h4-9,12-14,18,26H,1-3,10-11H2,(H,28,29)/b20-14-,24-23?. The Morgan fingerprint density at radius 1 is 1.10 bits per heavy atom. The molecule has 1 saturated carbocycles. The molecule has 4 rings (SSSR count). The maximum atomic E-state index is 13.3. The van der Waals surface area contributed by atoms with Gasteiger partial charge >= 0.3 is 5.97 Å². The van der Waals surface area contributed by atoms with E-state index in [9.17, 15) is 19.8 Å². The van der Waals surface area contributed by atoms with Gasteiger partial charge in [0.05, 0.1) is 16.2 Å². The summed E-state index contributed by atoms with van der Waals surface area (Å²) >= 11 is 1.26. The summed E-state index contributed by atoms with van der Waals surface area (Å²) in [6.07, 6.45) is 6.83. The van der Waals surface area contributed by atoms with Crippen LogP contribution in [0.4, 0.5) is 5.69 Å². The number of aliphatic imine (C=N–C) groups is 1. The van der Waals surface area contributed by atoms with Crippen molar-refractivity contribution in [2.24, 2.45) is 4.99 Å². The topological polar surface area (TPSA) is 90.2 Å². The van der Waals surface area contributed by atoms with Crippen LogP contribution in [0, 0.1) is 0 Å². The summed E-state index contributed by atoms with van der Waals surface area (Å²) < 4.78 is 0. The van der Waals surface area contributed by atoms with E-state index in [2.05, 4.69) is 4.99 Å². The molecule has 2 aromatic carbocycles. The summed E-state index contributed by atoms with van der Waals surface area (Å²) in [5, 5.41) is 19.9. The summed E-state index contributed by atoms with van der Waals surface area (Å²) in [6, 6.07) is 13.4. The highest BCUT2D eigenvalue weighted by Crippen LogP contribution is 2.39. The molecule has 1 saturated heterocycles. The molecule has 154 valence electrons. The van der Waals surface area contributed by atoms with Gasteiger partial charge in [-0.25, -0.2) is 9.79 Å². The maximum Gasteiger partial charge on any atom is 0.335 e. The number of carbonyl (C=O) groups is 2. The molecular weight excluding hydrogens is 400 g/mol. The zero-order chi connectivity index (χ0) is 21.1. The number of thioether (sulfide) groups is 1. The van der Waals surface area contributed by atoms with Gasteiger partial charge in [0.2, 0.25) is 0 Å². The number of para-hydroxylation sites is 1. The van der Waals surface area contributed by atoms with Crippen LogP contribution >= 0.6 is 11.8 Å². The molecular formula is C23H22N2O4S. The Balaban J connectivity index is 1.73. The van der Waals surface area contributed by atoms with E-state index < -0.39 is 5.97 Å². The number of carbonyl (C=O) groups excluding carboxylic acids is 1. The number of amides is 1. The maximum absolute atomic E-state index is 13.3. The van der Waals surface area contributed by atoms with Crippen LogP contribution in [0.5, 0.6) is 5.75 Å². The van der Waals surface area contributed by atoms with E-state index in [1.54, 1.807) is 41.3 Å². The average Bonchev–Trinajstić information content (AvgIpc) is 3.05. The smallest absolute Gasteiger partial charge is 0.335 e. The Morgan fingerprint density at radius 2 is 1.87 bits per heavy atom. The summed E-state index contributed by atoms with van der Waals surface area (Å²) in [5.41, 5.74) is 1.22. The molecule has 30 heavy (non-hydrogen) atoms. The van der Waals surface area contributed by atoms with E-state index in [0.717, 1.165) is 25.7 Å². The van der Waals surface area contributed by atoms with Gasteiger partial charge in [-0.3, -0.25) is 9.69 Å². The molecule has 6 nitrogen and oxygen atoms in total. The number of aromatic carboxylic acids is 1. The number of carboxylic acid groups (broad SMARTS) is 1. The molecule has 2 aromatic rings. The van der Waals surface area contributed by atoms with Gasteiger partial charge in [0.25, 0.3) is 5.91 Å². The molecule has 1 heterocycles. The third-order valence-electron chi connectivity index (χ3n) is 5.32. The van der Waals surface area contributed by atoms with Crippen molar-refractivity contribution in [2.75, 3.05) is 0 Å². The zero-order valence-electron chi connectivity index (χ0n) is 16.3. The van der Waals surface area contributed by atoms with Gasteiger partial charge in [0.1, 0.15) is 5.75 Å². The molecule has 0 aromatic heterocycles. The monoisotopic (exact) mass is 422 g/mol. The number of phenols is 1. The Hall–Kier alpha value is -3.06. The quantitative estimate of drug-likeness (QED) is 0.675. The fourth-order valence-electron chi connectivity index (χ4n) is 3.80. The lowest BCUT2D eigenvalue weighted by Gasteiger charge is -2.30. The molecule has 0 bridgehead atoms. The number of hydrogen-bond donors (Lipinski definition) is 2. The number of hydrogen-bond acceptors (Lipinski definition) is 5. The molecule has 0 atom stereocenters. The molecule has 0 radical (unpaired) electrons. The van der Waals surface area contributed by atoms with Crippen molar-refractivity contribution in [2.45, 2.75) is 38.1 Å². The first-order valence-electron chi connectivity index (χ1n) is 9.96. The fourth-order valence-corrected chi connectivity index (χ4v) is 4.85. The van der Waals surface area contributed by atoms with Crippen LogP contribution < -0.4 is 0 Å². The molecule has 2 N–H and O–H groups in total. The number of aromatic hydroxyl groups is 1. The van der Waals surface area contributed by atoms with E-state index in [-0.39, 0.29) is 23.3 Å². The van der Waals surface area contributed by atoms with Crippen LogP contribution in [0.25, 0.3) is 6.08 Å². The Bertz CT molecular complexity index is 1040. The van der Waals surface area contributed by atoms with Crippen molar-refractivity contribution < 1.29 is 19.8 Å². The molecule has 1 amide bonds. The predicted octanol–water partition coefficient (Wildman–Crippen LogP) is 5.03. The van der Waals surface area contributed by atoms with Crippen LogP contribution in [-0.4, -0.2) is 38.2 Å². The first-order valence-corrected chi connectivity index (χ1v) is 10.8. The predicted molar refractivity (Wildman–Crippen MR) is 118 cm³/mol. The van der Waals surface area contributed by atoms with Crippen LogP contribution in [-0.2, 0) is 4.79 Å². The number of phenolic OH excluding ortho intramolecular Hbond substituents is 1. The summed E-state index contributed by atoms with van der Waals surface area (Å²) in [6.45, 7) is 0. The second kappa shape index (κ2) is 8.75. The molecule has 2 fully saturated rings. The van der Waals surface area contributed by atoms with E-state index >= 15 is 0 Å². The van der Waals surface area contributed by atoms with Crippen molar-refractivity contribution in [3.05, 3.63) is 64.6 Å². The number of benzene rings is 2. The minimum absolute atomic E-state index is 0.0791. The summed E-state index contributed by atoms with van der Waals surface area (Å²) in [4.78, 5) is 31.5. The summed E-state index contributed by atoms with van der Waals surface area (Å²) in [5.74, 6) is -1.03. The average molecular weight is 423 g/mol. The van der Waals surface area contributed by atoms with Crippen LogP contribution in [0.3, 0.4) is 0 Å². The van der Waals surface area contributed by atoms with Gasteiger partial charge in [-0.2, -0.15) is 0 Å². The van der Waals surface area contributed by atoms with Gasteiger partial charge in [-0.1, -0.05) is 43.5 Å². The minimum atomic E-state index is -1.02. The number of amidine groups is 1. The highest BCUT2D eigenvalue weighted by Gasteiger charge is 2.38. The zero-order valence-corrected chi connectivity index (χ0v) is 17.1. The normalized spacial score (nSPS) is 20.3. The molecule has 1 aliphatic heterocycles. The Labute approximate surface area is 178 Å². The fraction of sp³-hybridized carbons (Fsp3) is 0.261. The van der Waals surface area contributed by atoms with Gasteiger partial charge < -0.3 is 10.2 Å². The minimum Gasteiger partial charge on any atom is -0.507 e. The molecule has 1 aliphatic carbocycles. The van der Waals surface area contributed by atoms with Gasteiger partial charge in [0.15, 0.2) is 5.17 Å². The van der Waals surface area contributed by atoms with E-state index in [4.69, 9.17) is 0 Å². The SMILES string of the molecule is O=C(O)c1cccc(N=C2S/C(=C\c3ccccc3O)C(=O)N2C2CCCCC2)c1. The molecule has 2 aliphatic rings. The van der Waals surface area contributed by atoms with Crippen molar-refractivity contribution in [1.29, 1.82) is 0 Å². The highest BCUT2D eigenvalue weighted by molar-refractivity contribution is 8.18. The summed E-state index contributed by atoms with van der Waals surface area (Å²) in [7, 11) is 0. The van der Waals surface area contributed by atoms with Crippen molar-refractivity contribution in [1.82, 2.24) is 4.90 Å². The first kappa shape index (κ1) is 20.2. The lowest BCUT2D eigenvalue weighted by atomic mass is 9.94. The first-order chi connectivity index (χ1) is 14.5. The van der Waals surface area contributed by atoms with E-state index in [1.807, 2.05) is 6.07 Å². The van der Waals surface area contributed by atoms with Crippen LogP contribution in [0.2, 0.25) is 0 Å². The Kier molecular flexibility index (Phi) is 5.90. The molecule has 0 unspecified atom stereocenters. The lowest BCUT2D eigenvalue weighted by molar-refractivity contribution is -0.124. The van der Waals surface area contributed by atoms with Gasteiger partial charge in [-0.15, -0.1) is 0 Å². The molecule has 0 spiro atoms. The van der Waals surface area contributed by atoms with Crippen LogP contribution in [0.1, 0.15) is 48.0 Å². The second-order valence-electron chi connectivity index (χ2n) is 7.39. The van der Waals surface area contributed by atoms with Gasteiger partial charge in [0, 0.05) is 11.6 Å². The van der Waals surface area contributed by atoms with Gasteiger partial charge in [-0.05, 0) is 54.9 Å². The lowest BCUT2D eigenvalue weighted by Crippen LogP contribution is -2.40. The number of carboxylic acids is 1. The van der Waals surface area contributed by atoms with E-state index in [1.165, 1.54) is 30.3 Å². The van der Waals surface area contributed by atoms with Crippen molar-refractivity contribution >= 4 is 40.6 Å². The third-order valence-corrected chi connectivity index (χ3v) is 6.30. The third kappa shape index (κ3) is 4.26. The second-order valence-corrected chi connectivity index (χ2v) is 8.40. The molecule has 7 heteroatoms. The van der Waals surface area contributed by atoms with Crippen molar-refractivity contribution in [3.8, 4) is 5.75 Å². The highest BCUT2D eigenvalue weighted by atomic mass is 32.2.